The highest BCUT2D eigenvalue weighted by molar-refractivity contribution is 5.94. The first-order chi connectivity index (χ1) is 16.5. The van der Waals surface area contributed by atoms with Gasteiger partial charge in [-0.3, -0.25) is 14.7 Å². The summed E-state index contributed by atoms with van der Waals surface area (Å²) in [5.41, 5.74) is 4.16. The molecule has 1 amide bonds. The Bertz CT molecular complexity index is 1190. The molecule has 0 aliphatic carbocycles. The average molecular weight is 465 g/mol. The fraction of sp³-hybridized carbons (Fsp3) is 0.375. The molecule has 0 saturated carbocycles. The van der Waals surface area contributed by atoms with Gasteiger partial charge in [-0.15, -0.1) is 0 Å². The van der Waals surface area contributed by atoms with E-state index in [0.717, 1.165) is 16.8 Å². The number of halogens is 1. The Labute approximate surface area is 196 Å². The lowest BCUT2D eigenvalue weighted by atomic mass is 9.95. The molecule has 1 saturated heterocycles. The van der Waals surface area contributed by atoms with E-state index in [0.29, 0.717) is 43.0 Å². The molecule has 1 atom stereocenters. The first-order valence-corrected chi connectivity index (χ1v) is 11.2. The van der Waals surface area contributed by atoms with Crippen molar-refractivity contribution in [1.29, 1.82) is 0 Å². The standard InChI is InChI=1S/C24H25FN6O3/c1-16-19(4-5-20-21(16)13-34-24(20)33)22(25)12-29-6-8-30(9-7-29)23(32)10-17-2-3-18(11-27-17)31-15-26-14-28-31/h2-5,11,14-15,22H,6-10,12-13H2,1H3. The van der Waals surface area contributed by atoms with Crippen molar-refractivity contribution in [3.8, 4) is 5.69 Å². The Morgan fingerprint density at radius 3 is 2.71 bits per heavy atom. The van der Waals surface area contributed by atoms with E-state index in [2.05, 4.69) is 15.1 Å². The zero-order valence-corrected chi connectivity index (χ0v) is 18.9. The largest absolute Gasteiger partial charge is 0.457 e. The Hall–Kier alpha value is -3.66. The second-order valence-electron chi connectivity index (χ2n) is 8.56. The van der Waals surface area contributed by atoms with Crippen LogP contribution in [0.4, 0.5) is 4.39 Å². The zero-order chi connectivity index (χ0) is 23.7. The van der Waals surface area contributed by atoms with Crippen LogP contribution in [0.15, 0.2) is 43.1 Å². The number of ether oxygens (including phenoxy) is 1. The third-order valence-corrected chi connectivity index (χ3v) is 6.51. The van der Waals surface area contributed by atoms with E-state index in [1.807, 2.05) is 24.0 Å². The Morgan fingerprint density at radius 1 is 1.18 bits per heavy atom. The summed E-state index contributed by atoms with van der Waals surface area (Å²) in [6.07, 6.45) is 3.75. The molecular formula is C24H25FN6O3. The highest BCUT2D eigenvalue weighted by atomic mass is 19.1. The van der Waals surface area contributed by atoms with Crippen LogP contribution in [-0.2, 0) is 22.6 Å². The Balaban J connectivity index is 1.13. The van der Waals surface area contributed by atoms with E-state index in [4.69, 9.17) is 4.74 Å². The number of piperazine rings is 1. The van der Waals surface area contributed by atoms with Crippen LogP contribution in [0.2, 0.25) is 0 Å². The fourth-order valence-corrected chi connectivity index (χ4v) is 4.48. The van der Waals surface area contributed by atoms with Gasteiger partial charge in [-0.05, 0) is 36.2 Å². The molecule has 0 bridgehead atoms. The molecule has 0 radical (unpaired) electrons. The number of hydrogen-bond donors (Lipinski definition) is 0. The highest BCUT2D eigenvalue weighted by Crippen LogP contribution is 2.31. The van der Waals surface area contributed by atoms with Crippen molar-refractivity contribution in [2.24, 2.45) is 0 Å². The summed E-state index contributed by atoms with van der Waals surface area (Å²) in [5, 5.41) is 4.06. The van der Waals surface area contributed by atoms with Gasteiger partial charge in [-0.25, -0.2) is 18.9 Å². The van der Waals surface area contributed by atoms with Crippen LogP contribution in [0, 0.1) is 6.92 Å². The van der Waals surface area contributed by atoms with Gasteiger partial charge in [0.1, 0.15) is 25.4 Å². The summed E-state index contributed by atoms with van der Waals surface area (Å²) < 4.78 is 21.8. The molecule has 1 aromatic carbocycles. The van der Waals surface area contributed by atoms with E-state index in [1.54, 1.807) is 34.2 Å². The lowest BCUT2D eigenvalue weighted by Crippen LogP contribution is -2.49. The minimum absolute atomic E-state index is 0.0107. The maximum atomic E-state index is 15.2. The number of pyridine rings is 1. The fourth-order valence-electron chi connectivity index (χ4n) is 4.48. The number of fused-ring (bicyclic) bond motifs is 1. The summed E-state index contributed by atoms with van der Waals surface area (Å²) in [4.78, 5) is 36.6. The minimum Gasteiger partial charge on any atom is -0.457 e. The number of carbonyl (C=O) groups excluding carboxylic acids is 2. The molecule has 10 heteroatoms. The maximum absolute atomic E-state index is 15.2. The number of carbonyl (C=O) groups is 2. The normalized spacial score (nSPS) is 16.9. The van der Waals surface area contributed by atoms with Gasteiger partial charge in [-0.1, -0.05) is 6.07 Å². The van der Waals surface area contributed by atoms with Crippen molar-refractivity contribution in [2.75, 3.05) is 32.7 Å². The van der Waals surface area contributed by atoms with E-state index < -0.39 is 6.17 Å². The number of cyclic esters (lactones) is 1. The van der Waals surface area contributed by atoms with Gasteiger partial charge in [-0.2, -0.15) is 5.10 Å². The first-order valence-electron chi connectivity index (χ1n) is 11.2. The number of esters is 1. The maximum Gasteiger partial charge on any atom is 0.338 e. The molecule has 176 valence electrons. The molecule has 4 heterocycles. The summed E-state index contributed by atoms with van der Waals surface area (Å²) in [7, 11) is 0. The Kier molecular flexibility index (Phi) is 6.06. The molecule has 2 aliphatic heterocycles. The molecule has 2 aromatic heterocycles. The molecule has 9 nitrogen and oxygen atoms in total. The third-order valence-electron chi connectivity index (χ3n) is 6.51. The second kappa shape index (κ2) is 9.30. The predicted molar refractivity (Wildman–Crippen MR) is 120 cm³/mol. The molecule has 1 unspecified atom stereocenters. The second-order valence-corrected chi connectivity index (χ2v) is 8.56. The van der Waals surface area contributed by atoms with Crippen molar-refractivity contribution in [3.05, 3.63) is 71.1 Å². The zero-order valence-electron chi connectivity index (χ0n) is 18.9. The molecule has 34 heavy (non-hydrogen) atoms. The minimum atomic E-state index is -1.17. The molecule has 1 fully saturated rings. The van der Waals surface area contributed by atoms with Gasteiger partial charge in [0.05, 0.1) is 23.9 Å². The number of alkyl halides is 1. The van der Waals surface area contributed by atoms with Crippen molar-refractivity contribution >= 4 is 11.9 Å². The number of hydrogen-bond acceptors (Lipinski definition) is 7. The molecule has 0 N–H and O–H groups in total. The van der Waals surface area contributed by atoms with Gasteiger partial charge in [0.2, 0.25) is 5.91 Å². The van der Waals surface area contributed by atoms with Crippen LogP contribution in [0.25, 0.3) is 5.69 Å². The monoisotopic (exact) mass is 464 g/mol. The number of amides is 1. The van der Waals surface area contributed by atoms with Gasteiger partial charge in [0.25, 0.3) is 0 Å². The summed E-state index contributed by atoms with van der Waals surface area (Å²) >= 11 is 0. The Morgan fingerprint density at radius 2 is 2.00 bits per heavy atom. The van der Waals surface area contributed by atoms with Crippen LogP contribution in [0.5, 0.6) is 0 Å². The lowest BCUT2D eigenvalue weighted by Gasteiger charge is -2.35. The quantitative estimate of drug-likeness (QED) is 0.516. The lowest BCUT2D eigenvalue weighted by molar-refractivity contribution is -0.132. The summed E-state index contributed by atoms with van der Waals surface area (Å²) in [6.45, 7) is 4.61. The van der Waals surface area contributed by atoms with Crippen LogP contribution in [0.1, 0.15) is 38.9 Å². The van der Waals surface area contributed by atoms with Crippen molar-refractivity contribution in [2.45, 2.75) is 26.1 Å². The van der Waals surface area contributed by atoms with Crippen LogP contribution in [-0.4, -0.2) is 74.1 Å². The highest BCUT2D eigenvalue weighted by Gasteiger charge is 2.28. The van der Waals surface area contributed by atoms with Crippen molar-refractivity contribution in [3.63, 3.8) is 0 Å². The predicted octanol–water partition coefficient (Wildman–Crippen LogP) is 2.04. The van der Waals surface area contributed by atoms with E-state index in [9.17, 15) is 9.59 Å². The smallest absolute Gasteiger partial charge is 0.338 e. The van der Waals surface area contributed by atoms with E-state index in [1.165, 1.54) is 6.33 Å². The first kappa shape index (κ1) is 22.1. The average Bonchev–Trinajstić information content (AvgIpc) is 3.51. The summed E-state index contributed by atoms with van der Waals surface area (Å²) in [5.74, 6) is -0.334. The van der Waals surface area contributed by atoms with Crippen LogP contribution >= 0.6 is 0 Å². The number of aromatic nitrogens is 4. The number of nitrogens with zero attached hydrogens (tertiary/aromatic N) is 6. The number of rotatable bonds is 6. The third kappa shape index (κ3) is 4.41. The van der Waals surface area contributed by atoms with Crippen molar-refractivity contribution < 1.29 is 18.7 Å². The van der Waals surface area contributed by atoms with Gasteiger partial charge < -0.3 is 9.64 Å². The van der Waals surface area contributed by atoms with Gasteiger partial charge >= 0.3 is 5.97 Å². The molecule has 5 rings (SSSR count). The van der Waals surface area contributed by atoms with Crippen LogP contribution < -0.4 is 0 Å². The SMILES string of the molecule is Cc1c(C(F)CN2CCN(C(=O)Cc3ccc(-n4cncn4)cn3)CC2)ccc2c1COC2=O. The van der Waals surface area contributed by atoms with Gasteiger partial charge in [0.15, 0.2) is 0 Å². The summed E-state index contributed by atoms with van der Waals surface area (Å²) in [6, 6.07) is 7.01. The molecular weight excluding hydrogens is 439 g/mol. The van der Waals surface area contributed by atoms with E-state index in [-0.39, 0.29) is 31.4 Å². The topological polar surface area (TPSA) is 93.5 Å². The van der Waals surface area contributed by atoms with Crippen molar-refractivity contribution in [1.82, 2.24) is 29.5 Å². The van der Waals surface area contributed by atoms with Crippen LogP contribution in [0.3, 0.4) is 0 Å². The molecule has 2 aliphatic rings. The molecule has 3 aromatic rings. The van der Waals surface area contributed by atoms with Gasteiger partial charge in [0, 0.05) is 44.0 Å². The number of benzene rings is 1. The van der Waals surface area contributed by atoms with E-state index >= 15 is 4.39 Å². The molecule has 0 spiro atoms.